The predicted octanol–water partition coefficient (Wildman–Crippen LogP) is 1.74. The third kappa shape index (κ3) is 3.18. The first kappa shape index (κ1) is 15.6. The van der Waals surface area contributed by atoms with Gasteiger partial charge in [0.1, 0.15) is 0 Å². The lowest BCUT2D eigenvalue weighted by atomic mass is 10.2. The SMILES string of the molecule is Nc1ccn2ncc(C(=O)N3CCC(OCc4ccncc4)C3)c2c1. The first-order chi connectivity index (χ1) is 12.2. The highest BCUT2D eigenvalue weighted by atomic mass is 16.5. The Kier molecular flexibility index (Phi) is 4.07. The minimum Gasteiger partial charge on any atom is -0.399 e. The molecule has 1 aliphatic heterocycles. The van der Waals surface area contributed by atoms with Gasteiger partial charge in [0.15, 0.2) is 0 Å². The van der Waals surface area contributed by atoms with E-state index in [-0.39, 0.29) is 12.0 Å². The lowest BCUT2D eigenvalue weighted by molar-refractivity contribution is 0.0437. The highest BCUT2D eigenvalue weighted by molar-refractivity contribution is 6.01. The first-order valence-electron chi connectivity index (χ1n) is 8.23. The summed E-state index contributed by atoms with van der Waals surface area (Å²) in [7, 11) is 0. The first-order valence-corrected chi connectivity index (χ1v) is 8.23. The number of aromatic nitrogens is 3. The van der Waals surface area contributed by atoms with Crippen LogP contribution in [0.2, 0.25) is 0 Å². The maximum absolute atomic E-state index is 12.8. The molecule has 0 spiro atoms. The molecule has 1 saturated heterocycles. The number of likely N-dealkylation sites (tertiary alicyclic amines) is 1. The van der Waals surface area contributed by atoms with Crippen LogP contribution < -0.4 is 5.73 Å². The maximum atomic E-state index is 12.8. The molecule has 25 heavy (non-hydrogen) atoms. The van der Waals surface area contributed by atoms with Crippen LogP contribution >= 0.6 is 0 Å². The zero-order valence-electron chi connectivity index (χ0n) is 13.7. The van der Waals surface area contributed by atoms with E-state index in [1.165, 1.54) is 0 Å². The molecular formula is C18H19N5O2. The third-order valence-electron chi connectivity index (χ3n) is 4.44. The van der Waals surface area contributed by atoms with Gasteiger partial charge in [0.05, 0.1) is 30.0 Å². The van der Waals surface area contributed by atoms with E-state index < -0.39 is 0 Å². The van der Waals surface area contributed by atoms with Crippen LogP contribution in [-0.2, 0) is 11.3 Å². The lowest BCUT2D eigenvalue weighted by Crippen LogP contribution is -2.30. The lowest BCUT2D eigenvalue weighted by Gasteiger charge is -2.16. The monoisotopic (exact) mass is 337 g/mol. The number of amides is 1. The summed E-state index contributed by atoms with van der Waals surface area (Å²) in [5.74, 6) is -0.0318. The summed E-state index contributed by atoms with van der Waals surface area (Å²) in [5.41, 5.74) is 8.83. The summed E-state index contributed by atoms with van der Waals surface area (Å²) in [6.45, 7) is 1.80. The van der Waals surface area contributed by atoms with Crippen molar-refractivity contribution in [1.82, 2.24) is 19.5 Å². The minimum absolute atomic E-state index is 0.0318. The molecule has 128 valence electrons. The highest BCUT2D eigenvalue weighted by Gasteiger charge is 2.29. The molecular weight excluding hydrogens is 318 g/mol. The van der Waals surface area contributed by atoms with Crippen molar-refractivity contribution in [2.45, 2.75) is 19.1 Å². The largest absolute Gasteiger partial charge is 0.399 e. The molecule has 0 bridgehead atoms. The molecule has 1 atom stereocenters. The van der Waals surface area contributed by atoms with Crippen LogP contribution in [0, 0.1) is 0 Å². The Hall–Kier alpha value is -2.93. The number of carbonyl (C=O) groups is 1. The number of nitrogens with zero attached hydrogens (tertiary/aromatic N) is 4. The Morgan fingerprint density at radius 1 is 1.32 bits per heavy atom. The van der Waals surface area contributed by atoms with E-state index in [1.807, 2.05) is 17.0 Å². The van der Waals surface area contributed by atoms with Crippen LogP contribution in [0.3, 0.4) is 0 Å². The van der Waals surface area contributed by atoms with Crippen molar-refractivity contribution in [1.29, 1.82) is 0 Å². The molecule has 1 aliphatic rings. The van der Waals surface area contributed by atoms with Gasteiger partial charge in [0, 0.05) is 37.4 Å². The second kappa shape index (κ2) is 6.52. The van der Waals surface area contributed by atoms with Gasteiger partial charge in [0.25, 0.3) is 5.91 Å². The zero-order chi connectivity index (χ0) is 17.2. The molecule has 4 rings (SSSR count). The molecule has 1 amide bonds. The Labute approximate surface area is 145 Å². The molecule has 1 unspecified atom stereocenters. The summed E-state index contributed by atoms with van der Waals surface area (Å²) >= 11 is 0. The van der Waals surface area contributed by atoms with Crippen molar-refractivity contribution in [3.8, 4) is 0 Å². The van der Waals surface area contributed by atoms with Crippen LogP contribution in [0.25, 0.3) is 5.52 Å². The number of hydrogen-bond acceptors (Lipinski definition) is 5. The van der Waals surface area contributed by atoms with Gasteiger partial charge in [-0.25, -0.2) is 4.52 Å². The summed E-state index contributed by atoms with van der Waals surface area (Å²) in [6.07, 6.45) is 7.73. The summed E-state index contributed by atoms with van der Waals surface area (Å²) in [5, 5.41) is 4.22. The normalized spacial score (nSPS) is 17.3. The van der Waals surface area contributed by atoms with Crippen molar-refractivity contribution in [2.75, 3.05) is 18.8 Å². The van der Waals surface area contributed by atoms with Crippen molar-refractivity contribution in [3.05, 3.63) is 60.2 Å². The smallest absolute Gasteiger partial charge is 0.257 e. The number of nitrogen functional groups attached to an aromatic ring is 1. The van der Waals surface area contributed by atoms with E-state index in [2.05, 4.69) is 10.1 Å². The molecule has 3 aromatic rings. The summed E-state index contributed by atoms with van der Waals surface area (Å²) < 4.78 is 7.59. The van der Waals surface area contributed by atoms with Crippen LogP contribution in [0.1, 0.15) is 22.3 Å². The Morgan fingerprint density at radius 2 is 2.16 bits per heavy atom. The highest BCUT2D eigenvalue weighted by Crippen LogP contribution is 2.20. The van der Waals surface area contributed by atoms with Gasteiger partial charge in [-0.05, 0) is 36.2 Å². The molecule has 7 nitrogen and oxygen atoms in total. The molecule has 1 fully saturated rings. The van der Waals surface area contributed by atoms with E-state index >= 15 is 0 Å². The summed E-state index contributed by atoms with van der Waals surface area (Å²) in [4.78, 5) is 18.6. The minimum atomic E-state index is -0.0318. The van der Waals surface area contributed by atoms with E-state index in [4.69, 9.17) is 10.5 Å². The van der Waals surface area contributed by atoms with Crippen molar-refractivity contribution in [3.63, 3.8) is 0 Å². The molecule has 2 N–H and O–H groups in total. The van der Waals surface area contributed by atoms with Crippen LogP contribution in [0.15, 0.2) is 49.1 Å². The molecule has 0 aliphatic carbocycles. The quantitative estimate of drug-likeness (QED) is 0.784. The topological polar surface area (TPSA) is 85.8 Å². The molecule has 0 radical (unpaired) electrons. The number of rotatable bonds is 4. The second-order valence-corrected chi connectivity index (χ2v) is 6.18. The average Bonchev–Trinajstić information content (AvgIpc) is 3.27. The number of pyridine rings is 2. The van der Waals surface area contributed by atoms with Crippen LogP contribution in [0.4, 0.5) is 5.69 Å². The number of ether oxygens (including phenoxy) is 1. The Morgan fingerprint density at radius 3 is 3.00 bits per heavy atom. The van der Waals surface area contributed by atoms with E-state index in [1.54, 1.807) is 41.4 Å². The number of hydrogen-bond donors (Lipinski definition) is 1. The van der Waals surface area contributed by atoms with Crippen molar-refractivity contribution < 1.29 is 9.53 Å². The number of anilines is 1. The second-order valence-electron chi connectivity index (χ2n) is 6.18. The molecule has 0 saturated carbocycles. The van der Waals surface area contributed by atoms with Gasteiger partial charge in [-0.2, -0.15) is 5.10 Å². The van der Waals surface area contributed by atoms with Gasteiger partial charge in [0.2, 0.25) is 0 Å². The number of carbonyl (C=O) groups excluding carboxylic acids is 1. The van der Waals surface area contributed by atoms with Gasteiger partial charge in [-0.3, -0.25) is 9.78 Å². The Balaban J connectivity index is 1.42. The van der Waals surface area contributed by atoms with E-state index in [0.29, 0.717) is 30.9 Å². The number of nitrogens with two attached hydrogens (primary N) is 1. The number of fused-ring (bicyclic) bond motifs is 1. The standard InChI is InChI=1S/C18H19N5O2/c19-14-3-8-23-17(9-14)16(10-21-23)18(24)22-7-4-15(11-22)25-12-13-1-5-20-6-2-13/h1-3,5-6,8-10,15H,4,7,11-12,19H2. The van der Waals surface area contributed by atoms with Gasteiger partial charge in [-0.15, -0.1) is 0 Å². The fourth-order valence-corrected chi connectivity index (χ4v) is 3.07. The van der Waals surface area contributed by atoms with Gasteiger partial charge < -0.3 is 15.4 Å². The van der Waals surface area contributed by atoms with E-state index in [0.717, 1.165) is 17.5 Å². The molecule has 0 aromatic carbocycles. The van der Waals surface area contributed by atoms with Crippen molar-refractivity contribution >= 4 is 17.1 Å². The summed E-state index contributed by atoms with van der Waals surface area (Å²) in [6, 6.07) is 7.39. The molecule has 4 heterocycles. The fourth-order valence-electron chi connectivity index (χ4n) is 3.07. The molecule has 7 heteroatoms. The predicted molar refractivity (Wildman–Crippen MR) is 92.9 cm³/mol. The molecule has 3 aromatic heterocycles. The van der Waals surface area contributed by atoms with Gasteiger partial charge >= 0.3 is 0 Å². The average molecular weight is 337 g/mol. The van der Waals surface area contributed by atoms with E-state index in [9.17, 15) is 4.79 Å². The van der Waals surface area contributed by atoms with Crippen molar-refractivity contribution in [2.24, 2.45) is 0 Å². The third-order valence-corrected chi connectivity index (χ3v) is 4.44. The maximum Gasteiger partial charge on any atom is 0.257 e. The fraction of sp³-hybridized carbons (Fsp3) is 0.278. The van der Waals surface area contributed by atoms with Crippen LogP contribution in [0.5, 0.6) is 0 Å². The van der Waals surface area contributed by atoms with Crippen LogP contribution in [-0.4, -0.2) is 44.6 Å². The van der Waals surface area contributed by atoms with Gasteiger partial charge in [-0.1, -0.05) is 0 Å². The Bertz CT molecular complexity index is 893. The zero-order valence-corrected chi connectivity index (χ0v) is 13.7.